The molecule has 1 amide bonds. The van der Waals surface area contributed by atoms with Crippen molar-refractivity contribution in [3.63, 3.8) is 0 Å². The second kappa shape index (κ2) is 9.45. The highest BCUT2D eigenvalue weighted by atomic mass is 19.4. The second-order valence-electron chi connectivity index (χ2n) is 6.33. The average Bonchev–Trinajstić information content (AvgIpc) is 2.69. The Hall–Kier alpha value is -3.03. The topological polar surface area (TPSA) is 58.6 Å². The number of ether oxygens (including phenoxy) is 1. The molecular weight excluding hydrogens is 385 g/mol. The minimum Gasteiger partial charge on any atom is -0.449 e. The van der Waals surface area contributed by atoms with E-state index in [1.54, 1.807) is 24.3 Å². The summed E-state index contributed by atoms with van der Waals surface area (Å²) in [6, 6.07) is 11.0. The van der Waals surface area contributed by atoms with Crippen molar-refractivity contribution in [3.8, 4) is 0 Å². The largest absolute Gasteiger partial charge is 0.449 e. The molecule has 0 aromatic heterocycles. The number of esters is 1. The van der Waals surface area contributed by atoms with Crippen molar-refractivity contribution in [1.29, 1.82) is 0 Å². The Morgan fingerprint density at radius 1 is 1.07 bits per heavy atom. The number of alkyl halides is 3. The molecule has 0 saturated heterocycles. The normalized spacial score (nSPS) is 12.2. The third-order valence-corrected chi connectivity index (χ3v) is 4.34. The lowest BCUT2D eigenvalue weighted by molar-refractivity contribution is -0.137. The molecule has 0 aliphatic carbocycles. The van der Waals surface area contributed by atoms with Gasteiger partial charge in [-0.15, -0.1) is 0 Å². The van der Waals surface area contributed by atoms with E-state index in [9.17, 15) is 22.8 Å². The third kappa shape index (κ3) is 5.97. The fraction of sp³-hybridized carbons (Fsp3) is 0.333. The maximum atomic E-state index is 12.8. The van der Waals surface area contributed by atoms with Crippen molar-refractivity contribution < 1.29 is 27.5 Å². The third-order valence-electron chi connectivity index (χ3n) is 4.34. The lowest BCUT2D eigenvalue weighted by Crippen LogP contribution is -2.30. The van der Waals surface area contributed by atoms with Crippen LogP contribution in [-0.2, 0) is 15.7 Å². The summed E-state index contributed by atoms with van der Waals surface area (Å²) in [6.07, 6.45) is -5.70. The van der Waals surface area contributed by atoms with Crippen LogP contribution >= 0.6 is 0 Å². The van der Waals surface area contributed by atoms with Gasteiger partial charge in [-0.1, -0.05) is 6.07 Å². The zero-order valence-electron chi connectivity index (χ0n) is 16.4. The number of benzene rings is 2. The molecule has 2 rings (SSSR count). The quantitative estimate of drug-likeness (QED) is 0.673. The van der Waals surface area contributed by atoms with Crippen LogP contribution in [0.4, 0.5) is 24.5 Å². The minimum atomic E-state index is -4.52. The van der Waals surface area contributed by atoms with E-state index in [1.165, 1.54) is 19.1 Å². The predicted octanol–water partition coefficient (Wildman–Crippen LogP) is 4.74. The molecule has 1 N–H and O–H groups in total. The number of hydrogen-bond donors (Lipinski definition) is 1. The van der Waals surface area contributed by atoms with Gasteiger partial charge < -0.3 is 15.0 Å². The zero-order chi connectivity index (χ0) is 21.6. The highest BCUT2D eigenvalue weighted by Gasteiger charge is 2.30. The zero-order valence-corrected chi connectivity index (χ0v) is 16.4. The standard InChI is InChI=1S/C21H23F3N2O3/c1-4-26(5-2)18-11-9-15(10-12-18)20(28)29-14(3)19(27)25-17-8-6-7-16(13-17)21(22,23)24/h6-14H,4-5H2,1-3H3,(H,25,27)/t14-/m0/s1. The smallest absolute Gasteiger partial charge is 0.416 e. The van der Waals surface area contributed by atoms with Crippen LogP contribution in [0.3, 0.4) is 0 Å². The maximum Gasteiger partial charge on any atom is 0.416 e. The Kier molecular flexibility index (Phi) is 7.25. The summed E-state index contributed by atoms with van der Waals surface area (Å²) < 4.78 is 43.4. The van der Waals surface area contributed by atoms with Gasteiger partial charge in [-0.2, -0.15) is 13.2 Å². The molecule has 0 spiro atoms. The van der Waals surface area contributed by atoms with E-state index >= 15 is 0 Å². The molecule has 0 radical (unpaired) electrons. The molecule has 0 aliphatic rings. The molecule has 2 aromatic carbocycles. The van der Waals surface area contributed by atoms with E-state index in [1.807, 2.05) is 13.8 Å². The summed E-state index contributed by atoms with van der Waals surface area (Å²) >= 11 is 0. The van der Waals surface area contributed by atoms with Crippen molar-refractivity contribution in [3.05, 3.63) is 59.7 Å². The lowest BCUT2D eigenvalue weighted by atomic mass is 10.2. The molecule has 0 unspecified atom stereocenters. The number of nitrogens with one attached hydrogen (secondary N) is 1. The van der Waals surface area contributed by atoms with E-state index in [2.05, 4.69) is 10.2 Å². The van der Waals surface area contributed by atoms with Gasteiger partial charge in [-0.3, -0.25) is 4.79 Å². The van der Waals surface area contributed by atoms with Gasteiger partial charge in [0, 0.05) is 24.5 Å². The summed E-state index contributed by atoms with van der Waals surface area (Å²) in [5.74, 6) is -1.42. The fourth-order valence-electron chi connectivity index (χ4n) is 2.70. The van der Waals surface area contributed by atoms with Crippen LogP contribution in [-0.4, -0.2) is 31.1 Å². The first-order chi connectivity index (χ1) is 13.7. The first kappa shape index (κ1) is 22.3. The number of nitrogens with zero attached hydrogens (tertiary/aromatic N) is 1. The maximum absolute atomic E-state index is 12.8. The summed E-state index contributed by atoms with van der Waals surface area (Å²) in [4.78, 5) is 26.5. The van der Waals surface area contributed by atoms with Gasteiger partial charge in [0.05, 0.1) is 11.1 Å². The highest BCUT2D eigenvalue weighted by molar-refractivity contribution is 5.97. The van der Waals surface area contributed by atoms with Crippen LogP contribution in [0.2, 0.25) is 0 Å². The van der Waals surface area contributed by atoms with Crippen molar-refractivity contribution >= 4 is 23.3 Å². The number of rotatable bonds is 7. The van der Waals surface area contributed by atoms with Crippen molar-refractivity contribution in [1.82, 2.24) is 0 Å². The van der Waals surface area contributed by atoms with Gasteiger partial charge >= 0.3 is 12.1 Å². The average molecular weight is 408 g/mol. The predicted molar refractivity (Wildman–Crippen MR) is 105 cm³/mol. The fourth-order valence-corrected chi connectivity index (χ4v) is 2.70. The van der Waals surface area contributed by atoms with E-state index < -0.39 is 29.7 Å². The molecule has 2 aromatic rings. The number of carbonyl (C=O) groups excluding carboxylic acids is 2. The molecule has 0 fully saturated rings. The van der Waals surface area contributed by atoms with E-state index in [0.717, 1.165) is 30.9 Å². The van der Waals surface area contributed by atoms with Crippen LogP contribution in [0.15, 0.2) is 48.5 Å². The molecular formula is C21H23F3N2O3. The Labute approximate surface area is 167 Å². The van der Waals surface area contributed by atoms with Crippen LogP contribution in [0, 0.1) is 0 Å². The Morgan fingerprint density at radius 3 is 2.24 bits per heavy atom. The molecule has 29 heavy (non-hydrogen) atoms. The molecule has 0 aliphatic heterocycles. The van der Waals surface area contributed by atoms with E-state index in [4.69, 9.17) is 4.74 Å². The van der Waals surface area contributed by atoms with Gasteiger partial charge in [0.15, 0.2) is 6.10 Å². The van der Waals surface area contributed by atoms with Gasteiger partial charge in [-0.25, -0.2) is 4.79 Å². The molecule has 0 saturated carbocycles. The monoisotopic (exact) mass is 408 g/mol. The Balaban J connectivity index is 1.99. The molecule has 0 bridgehead atoms. The van der Waals surface area contributed by atoms with Crippen molar-refractivity contribution in [2.45, 2.75) is 33.1 Å². The highest BCUT2D eigenvalue weighted by Crippen LogP contribution is 2.30. The first-order valence-electron chi connectivity index (χ1n) is 9.19. The number of amides is 1. The van der Waals surface area contributed by atoms with Crippen LogP contribution < -0.4 is 10.2 Å². The molecule has 5 nitrogen and oxygen atoms in total. The number of halogens is 3. The van der Waals surface area contributed by atoms with Gasteiger partial charge in [0.25, 0.3) is 5.91 Å². The summed E-state index contributed by atoms with van der Waals surface area (Å²) in [5, 5.41) is 2.33. The van der Waals surface area contributed by atoms with Crippen LogP contribution in [0.25, 0.3) is 0 Å². The van der Waals surface area contributed by atoms with Gasteiger partial charge in [0.2, 0.25) is 0 Å². The minimum absolute atomic E-state index is 0.0312. The van der Waals surface area contributed by atoms with Crippen LogP contribution in [0.1, 0.15) is 36.7 Å². The molecule has 8 heteroatoms. The van der Waals surface area contributed by atoms with Gasteiger partial charge in [-0.05, 0) is 63.2 Å². The first-order valence-corrected chi connectivity index (χ1v) is 9.19. The van der Waals surface area contributed by atoms with Gasteiger partial charge in [0.1, 0.15) is 0 Å². The molecule has 0 heterocycles. The Bertz CT molecular complexity index is 847. The van der Waals surface area contributed by atoms with Crippen LogP contribution in [0.5, 0.6) is 0 Å². The molecule has 1 atom stereocenters. The SMILES string of the molecule is CCN(CC)c1ccc(C(=O)O[C@@H](C)C(=O)Nc2cccc(C(F)(F)F)c2)cc1. The molecule has 156 valence electrons. The number of hydrogen-bond acceptors (Lipinski definition) is 4. The number of carbonyl (C=O) groups is 2. The van der Waals surface area contributed by atoms with E-state index in [-0.39, 0.29) is 11.3 Å². The second-order valence-corrected chi connectivity index (χ2v) is 6.33. The van der Waals surface area contributed by atoms with Crippen molar-refractivity contribution in [2.24, 2.45) is 0 Å². The Morgan fingerprint density at radius 2 is 1.69 bits per heavy atom. The number of anilines is 2. The lowest BCUT2D eigenvalue weighted by Gasteiger charge is -2.21. The summed E-state index contributed by atoms with van der Waals surface area (Å²) in [6.45, 7) is 7.05. The van der Waals surface area contributed by atoms with E-state index in [0.29, 0.717) is 0 Å². The summed E-state index contributed by atoms with van der Waals surface area (Å²) in [5.41, 5.74) is 0.325. The summed E-state index contributed by atoms with van der Waals surface area (Å²) in [7, 11) is 0. The van der Waals surface area contributed by atoms with Crippen molar-refractivity contribution in [2.75, 3.05) is 23.3 Å².